The fourth-order valence-electron chi connectivity index (χ4n) is 3.48. The normalized spacial score (nSPS) is 15.0. The number of thiocarbonyl (C=S) groups is 1. The molecule has 5 rings (SSSR count). The van der Waals surface area contributed by atoms with Crippen LogP contribution in [0.1, 0.15) is 11.1 Å². The van der Waals surface area contributed by atoms with Gasteiger partial charge in [0.05, 0.1) is 17.1 Å². The van der Waals surface area contributed by atoms with Crippen molar-refractivity contribution in [3.63, 3.8) is 0 Å². The van der Waals surface area contributed by atoms with E-state index in [0.717, 1.165) is 28.1 Å². The highest BCUT2D eigenvalue weighted by atomic mass is 32.2. The first kappa shape index (κ1) is 20.4. The molecule has 1 aliphatic rings. The van der Waals surface area contributed by atoms with Crippen molar-refractivity contribution >= 4 is 40.3 Å². The molecule has 3 heterocycles. The Kier molecular flexibility index (Phi) is 5.66. The molecule has 0 N–H and O–H groups in total. The van der Waals surface area contributed by atoms with Crippen LogP contribution in [-0.2, 0) is 11.3 Å². The lowest BCUT2D eigenvalue weighted by Gasteiger charge is -2.14. The molecule has 0 radical (unpaired) electrons. The summed E-state index contributed by atoms with van der Waals surface area (Å²) in [5.41, 5.74) is 4.55. The molecule has 0 bridgehead atoms. The monoisotopic (exact) mass is 454 g/mol. The van der Waals surface area contributed by atoms with Gasteiger partial charge in [0.2, 0.25) is 0 Å². The van der Waals surface area contributed by atoms with Gasteiger partial charge in [-0.15, -0.1) is 0 Å². The number of hydrogen-bond acceptors (Lipinski definition) is 5. The van der Waals surface area contributed by atoms with Gasteiger partial charge in [0.1, 0.15) is 10.0 Å². The predicted octanol–water partition coefficient (Wildman–Crippen LogP) is 5.34. The van der Waals surface area contributed by atoms with Gasteiger partial charge in [0.15, 0.2) is 0 Å². The van der Waals surface area contributed by atoms with Gasteiger partial charge < -0.3 is 0 Å². The Morgan fingerprint density at radius 3 is 2.34 bits per heavy atom. The Morgan fingerprint density at radius 2 is 1.62 bits per heavy atom. The van der Waals surface area contributed by atoms with Crippen molar-refractivity contribution in [3.8, 4) is 16.9 Å². The maximum atomic E-state index is 13.2. The van der Waals surface area contributed by atoms with Crippen molar-refractivity contribution in [1.82, 2.24) is 19.7 Å². The van der Waals surface area contributed by atoms with Crippen LogP contribution >= 0.6 is 24.0 Å². The Bertz CT molecular complexity index is 1300. The number of benzene rings is 2. The smallest absolute Gasteiger partial charge is 0.266 e. The van der Waals surface area contributed by atoms with E-state index in [0.29, 0.717) is 15.8 Å². The summed E-state index contributed by atoms with van der Waals surface area (Å²) in [7, 11) is 0. The number of nitrogens with zero attached hydrogens (tertiary/aromatic N) is 4. The molecule has 0 aliphatic carbocycles. The van der Waals surface area contributed by atoms with Crippen LogP contribution in [0.3, 0.4) is 0 Å². The van der Waals surface area contributed by atoms with Gasteiger partial charge in [-0.05, 0) is 35.9 Å². The molecule has 1 saturated heterocycles. The van der Waals surface area contributed by atoms with Crippen LogP contribution in [-0.4, -0.2) is 29.9 Å². The molecule has 0 saturated carbocycles. The highest BCUT2D eigenvalue weighted by molar-refractivity contribution is 8.26. The predicted molar refractivity (Wildman–Crippen MR) is 132 cm³/mol. The zero-order chi connectivity index (χ0) is 21.9. The number of hydrogen-bond donors (Lipinski definition) is 0. The number of rotatable bonds is 5. The van der Waals surface area contributed by atoms with Crippen LogP contribution in [0.25, 0.3) is 23.0 Å². The molecule has 0 unspecified atom stereocenters. The minimum Gasteiger partial charge on any atom is -0.288 e. The number of carbonyl (C=O) groups excluding carboxylic acids is 1. The van der Waals surface area contributed by atoms with E-state index in [9.17, 15) is 4.79 Å². The fourth-order valence-corrected chi connectivity index (χ4v) is 4.73. The summed E-state index contributed by atoms with van der Waals surface area (Å²) in [6.45, 7) is 0.462. The van der Waals surface area contributed by atoms with Crippen LogP contribution < -0.4 is 0 Å². The van der Waals surface area contributed by atoms with Crippen LogP contribution in [0.2, 0.25) is 0 Å². The Hall–Kier alpha value is -3.55. The van der Waals surface area contributed by atoms with Crippen LogP contribution in [0, 0.1) is 0 Å². The summed E-state index contributed by atoms with van der Waals surface area (Å²) in [4.78, 5) is 19.5. The third-order valence-electron chi connectivity index (χ3n) is 5.06. The SMILES string of the molecule is O=C1/C(=C/c2cn(-c3ccccc3)nc2-c2ccncc2)SC(=S)N1Cc1ccccc1. The number of pyridine rings is 1. The summed E-state index contributed by atoms with van der Waals surface area (Å²) in [6, 6.07) is 23.6. The summed E-state index contributed by atoms with van der Waals surface area (Å²) in [5.74, 6) is -0.0861. The topological polar surface area (TPSA) is 51.0 Å². The maximum Gasteiger partial charge on any atom is 0.266 e. The molecule has 1 amide bonds. The second-order valence-electron chi connectivity index (χ2n) is 7.20. The first-order valence-electron chi connectivity index (χ1n) is 10.0. The Morgan fingerprint density at radius 1 is 0.938 bits per heavy atom. The molecular weight excluding hydrogens is 436 g/mol. The minimum absolute atomic E-state index is 0.0861. The van der Waals surface area contributed by atoms with Crippen molar-refractivity contribution < 1.29 is 4.79 Å². The molecule has 1 aliphatic heterocycles. The Labute approximate surface area is 195 Å². The van der Waals surface area contributed by atoms with E-state index in [1.54, 1.807) is 17.3 Å². The van der Waals surface area contributed by atoms with E-state index < -0.39 is 0 Å². The summed E-state index contributed by atoms with van der Waals surface area (Å²) >= 11 is 6.84. The summed E-state index contributed by atoms with van der Waals surface area (Å²) in [6.07, 6.45) is 7.29. The zero-order valence-electron chi connectivity index (χ0n) is 17.0. The van der Waals surface area contributed by atoms with Gasteiger partial charge in [0, 0.05) is 29.7 Å². The van der Waals surface area contributed by atoms with Crippen LogP contribution in [0.5, 0.6) is 0 Å². The van der Waals surface area contributed by atoms with E-state index in [-0.39, 0.29) is 5.91 Å². The van der Waals surface area contributed by atoms with Gasteiger partial charge in [-0.25, -0.2) is 4.68 Å². The van der Waals surface area contributed by atoms with Crippen molar-refractivity contribution in [2.24, 2.45) is 0 Å². The Balaban J connectivity index is 1.52. The average Bonchev–Trinajstić information content (AvgIpc) is 3.38. The minimum atomic E-state index is -0.0861. The van der Waals surface area contributed by atoms with Gasteiger partial charge >= 0.3 is 0 Å². The largest absolute Gasteiger partial charge is 0.288 e. The van der Waals surface area contributed by atoms with Crippen LogP contribution in [0.4, 0.5) is 0 Å². The molecule has 32 heavy (non-hydrogen) atoms. The quantitative estimate of drug-likeness (QED) is 0.301. The fraction of sp³-hybridized carbons (Fsp3) is 0.0400. The van der Waals surface area contributed by atoms with Crippen molar-refractivity contribution in [1.29, 1.82) is 0 Å². The maximum absolute atomic E-state index is 13.2. The molecule has 4 aromatic rings. The molecule has 5 nitrogen and oxygen atoms in total. The lowest BCUT2D eigenvalue weighted by molar-refractivity contribution is -0.122. The van der Waals surface area contributed by atoms with E-state index in [1.807, 2.05) is 89.8 Å². The average molecular weight is 455 g/mol. The molecule has 156 valence electrons. The van der Waals surface area contributed by atoms with Gasteiger partial charge in [-0.3, -0.25) is 14.7 Å². The molecular formula is C25H18N4OS2. The third-order valence-corrected chi connectivity index (χ3v) is 6.44. The summed E-state index contributed by atoms with van der Waals surface area (Å²) < 4.78 is 2.39. The highest BCUT2D eigenvalue weighted by Gasteiger charge is 2.32. The number of amides is 1. The van der Waals surface area contributed by atoms with Gasteiger partial charge in [-0.2, -0.15) is 5.10 Å². The van der Waals surface area contributed by atoms with E-state index in [4.69, 9.17) is 17.3 Å². The standard InChI is InChI=1S/C25H18N4OS2/c30-24-22(32-25(31)28(24)16-18-7-3-1-4-8-18)15-20-17-29(21-9-5-2-6-10-21)27-23(20)19-11-13-26-14-12-19/h1-15,17H,16H2/b22-15-. The lowest BCUT2D eigenvalue weighted by atomic mass is 10.1. The molecule has 0 atom stereocenters. The van der Waals surface area contributed by atoms with E-state index in [1.165, 1.54) is 11.8 Å². The third kappa shape index (κ3) is 4.12. The molecule has 7 heteroatoms. The first-order chi connectivity index (χ1) is 15.7. The van der Waals surface area contributed by atoms with E-state index >= 15 is 0 Å². The van der Waals surface area contributed by atoms with Crippen LogP contribution in [0.15, 0.2) is 96.3 Å². The van der Waals surface area contributed by atoms with Gasteiger partial charge in [0.25, 0.3) is 5.91 Å². The van der Waals surface area contributed by atoms with Crippen molar-refractivity contribution in [3.05, 3.63) is 107 Å². The van der Waals surface area contributed by atoms with Gasteiger partial charge in [-0.1, -0.05) is 72.5 Å². The number of para-hydroxylation sites is 1. The number of thioether (sulfide) groups is 1. The second kappa shape index (κ2) is 8.90. The van der Waals surface area contributed by atoms with Crippen molar-refractivity contribution in [2.75, 3.05) is 0 Å². The molecule has 2 aromatic heterocycles. The molecule has 2 aromatic carbocycles. The highest BCUT2D eigenvalue weighted by Crippen LogP contribution is 2.35. The number of aromatic nitrogens is 3. The van der Waals surface area contributed by atoms with E-state index in [2.05, 4.69) is 4.98 Å². The number of carbonyl (C=O) groups is 1. The lowest BCUT2D eigenvalue weighted by Crippen LogP contribution is -2.27. The second-order valence-corrected chi connectivity index (χ2v) is 8.88. The van der Waals surface area contributed by atoms with Crippen molar-refractivity contribution in [2.45, 2.75) is 6.54 Å². The first-order valence-corrected chi connectivity index (χ1v) is 11.3. The summed E-state index contributed by atoms with van der Waals surface area (Å²) in [5, 5.41) is 4.80. The molecule has 1 fully saturated rings. The molecule has 0 spiro atoms. The zero-order valence-corrected chi connectivity index (χ0v) is 18.6.